The normalized spacial score (nSPS) is 14.0. The van der Waals surface area contributed by atoms with Crippen LogP contribution in [-0.2, 0) is 14.3 Å². The zero-order valence-electron chi connectivity index (χ0n) is 16.9. The molecule has 3 nitrogen and oxygen atoms in total. The van der Waals surface area contributed by atoms with Crippen molar-refractivity contribution in [2.45, 2.75) is 109 Å². The van der Waals surface area contributed by atoms with Gasteiger partial charge in [0.1, 0.15) is 0 Å². The fourth-order valence-electron chi connectivity index (χ4n) is 3.69. The molecular weight excluding hydrogens is 427 g/mol. The summed E-state index contributed by atoms with van der Waals surface area (Å²) in [4.78, 5) is 0. The third-order valence-electron chi connectivity index (χ3n) is 5.13. The van der Waals surface area contributed by atoms with E-state index < -0.39 is 28.5 Å². The van der Waals surface area contributed by atoms with Crippen molar-refractivity contribution in [2.24, 2.45) is 0 Å². The van der Waals surface area contributed by atoms with Gasteiger partial charge < -0.3 is 0 Å². The third-order valence-corrected chi connectivity index (χ3v) is 22.8. The van der Waals surface area contributed by atoms with Gasteiger partial charge in [0.05, 0.1) is 0 Å². The first-order valence-electron chi connectivity index (χ1n) is 10.2. The molecule has 0 saturated carbocycles. The van der Waals surface area contributed by atoms with Crippen LogP contribution in [0, 0.1) is 0 Å². The number of rotatable bonds is 16. The Hall–Kier alpha value is 0.709. The average molecular weight is 469 g/mol. The Kier molecular flexibility index (Phi) is 14.3. The molecule has 0 rings (SSSR count). The van der Waals surface area contributed by atoms with E-state index in [0.29, 0.717) is 0 Å². The summed E-state index contributed by atoms with van der Waals surface area (Å²) in [7, 11) is -3.37. The van der Waals surface area contributed by atoms with Crippen LogP contribution in [0.3, 0.4) is 0 Å². The van der Waals surface area contributed by atoms with Gasteiger partial charge in [0.2, 0.25) is 0 Å². The molecule has 0 bridgehead atoms. The van der Waals surface area contributed by atoms with Gasteiger partial charge in [0.25, 0.3) is 0 Å². The van der Waals surface area contributed by atoms with Gasteiger partial charge in [-0.3, -0.25) is 0 Å². The minimum absolute atomic E-state index is 0.0606. The zero-order chi connectivity index (χ0) is 18.5. The predicted octanol–water partition coefficient (Wildman–Crippen LogP) is 6.30. The second-order valence-corrected chi connectivity index (χ2v) is 23.0. The predicted molar refractivity (Wildman–Crippen MR) is 109 cm³/mol. The molecule has 0 aromatic rings. The van der Waals surface area contributed by atoms with Gasteiger partial charge in [-0.05, 0) is 0 Å². The van der Waals surface area contributed by atoms with Crippen molar-refractivity contribution in [2.75, 3.05) is 6.26 Å². The first-order chi connectivity index (χ1) is 11.3. The molecule has 0 fully saturated rings. The molecule has 0 spiro atoms. The molecule has 0 saturated heterocycles. The van der Waals surface area contributed by atoms with Gasteiger partial charge in [-0.2, -0.15) is 0 Å². The molecule has 0 aromatic carbocycles. The van der Waals surface area contributed by atoms with Crippen molar-refractivity contribution in [3.05, 3.63) is 0 Å². The van der Waals surface area contributed by atoms with E-state index in [1.807, 2.05) is 0 Å². The van der Waals surface area contributed by atoms with Crippen molar-refractivity contribution in [3.8, 4) is 0 Å². The van der Waals surface area contributed by atoms with Crippen molar-refractivity contribution < 1.29 is 12.6 Å². The molecule has 146 valence electrons. The van der Waals surface area contributed by atoms with Crippen LogP contribution in [0.1, 0.15) is 91.9 Å². The van der Waals surface area contributed by atoms with E-state index in [4.69, 9.17) is 4.18 Å². The van der Waals surface area contributed by atoms with Crippen LogP contribution in [0.2, 0.25) is 13.3 Å². The molecule has 0 heterocycles. The molecule has 0 aromatic heterocycles. The topological polar surface area (TPSA) is 43.4 Å². The maximum absolute atomic E-state index is 12.0. The van der Waals surface area contributed by atoms with E-state index in [0.717, 1.165) is 12.8 Å². The first kappa shape index (κ1) is 24.7. The fourth-order valence-corrected chi connectivity index (χ4v) is 23.9. The minimum atomic E-state index is -3.37. The zero-order valence-corrected chi connectivity index (χ0v) is 20.6. The maximum atomic E-state index is 12.0. The quantitative estimate of drug-likeness (QED) is 0.151. The van der Waals surface area contributed by atoms with Crippen molar-refractivity contribution in [1.82, 2.24) is 0 Å². The van der Waals surface area contributed by atoms with Crippen molar-refractivity contribution in [1.29, 1.82) is 0 Å². The fraction of sp³-hybridized carbons (Fsp3) is 1.00. The summed E-state index contributed by atoms with van der Waals surface area (Å²) in [6.45, 7) is 8.95. The summed E-state index contributed by atoms with van der Waals surface area (Å²) in [6, 6.07) is 0. The molecule has 0 aliphatic rings. The summed E-state index contributed by atoms with van der Waals surface area (Å²) in [6.07, 6.45) is 13.0. The summed E-state index contributed by atoms with van der Waals surface area (Å²) in [5.74, 6) is 0. The van der Waals surface area contributed by atoms with Crippen LogP contribution in [0.4, 0.5) is 0 Å². The number of hydrogen-bond donors (Lipinski definition) is 0. The summed E-state index contributed by atoms with van der Waals surface area (Å²) >= 11 is -2.66. The number of unbranched alkanes of at least 4 members (excludes halogenated alkanes) is 5. The Bertz CT molecular complexity index is 374. The van der Waals surface area contributed by atoms with Gasteiger partial charge >= 0.3 is 157 Å². The molecule has 0 N–H and O–H groups in total. The van der Waals surface area contributed by atoms with E-state index in [-0.39, 0.29) is 4.12 Å². The SMILES string of the molecule is CCCCC[C@@H](OS(C)(=O)=O)[Sn]([CH2]CCC)([CH2]CCC)[CH2]CCC. The van der Waals surface area contributed by atoms with Gasteiger partial charge in [0.15, 0.2) is 0 Å². The van der Waals surface area contributed by atoms with Crippen LogP contribution in [0.25, 0.3) is 0 Å². The molecular formula is C19H42O3SSn. The molecule has 0 aliphatic heterocycles. The van der Waals surface area contributed by atoms with Crippen LogP contribution < -0.4 is 0 Å². The molecule has 0 unspecified atom stereocenters. The van der Waals surface area contributed by atoms with Crippen molar-refractivity contribution >= 4 is 28.5 Å². The second-order valence-electron chi connectivity index (χ2n) is 7.46. The average Bonchev–Trinajstić information content (AvgIpc) is 2.53. The Morgan fingerprint density at radius 1 is 0.750 bits per heavy atom. The molecule has 5 heteroatoms. The van der Waals surface area contributed by atoms with E-state index in [1.165, 1.54) is 70.9 Å². The third kappa shape index (κ3) is 10.6. The summed E-state index contributed by atoms with van der Waals surface area (Å²) in [5, 5.41) is 0. The molecule has 24 heavy (non-hydrogen) atoms. The first-order valence-corrected chi connectivity index (χ1v) is 19.7. The van der Waals surface area contributed by atoms with Gasteiger partial charge in [-0.1, -0.05) is 0 Å². The van der Waals surface area contributed by atoms with E-state index in [9.17, 15) is 8.42 Å². The van der Waals surface area contributed by atoms with Crippen molar-refractivity contribution in [3.63, 3.8) is 0 Å². The Morgan fingerprint density at radius 3 is 1.50 bits per heavy atom. The van der Waals surface area contributed by atoms with Crippen LogP contribution >= 0.6 is 0 Å². The Morgan fingerprint density at radius 2 is 1.17 bits per heavy atom. The summed E-state index contributed by atoms with van der Waals surface area (Å²) in [5.41, 5.74) is 0. The monoisotopic (exact) mass is 470 g/mol. The van der Waals surface area contributed by atoms with Gasteiger partial charge in [-0.25, -0.2) is 0 Å². The van der Waals surface area contributed by atoms with E-state index in [2.05, 4.69) is 27.7 Å². The van der Waals surface area contributed by atoms with E-state index in [1.54, 1.807) is 0 Å². The standard InChI is InChI=1S/C7H15O3S.3C4H9.Sn/c1-3-4-5-6-7-10-11(2,8)9;3*1-3-4-2;/h7H,3-6H2,1-2H3;3*1,3-4H2,2H3;. The van der Waals surface area contributed by atoms with Crippen LogP contribution in [0.5, 0.6) is 0 Å². The molecule has 0 aliphatic carbocycles. The number of hydrogen-bond acceptors (Lipinski definition) is 3. The summed E-state index contributed by atoms with van der Waals surface area (Å²) < 4.78 is 33.7. The van der Waals surface area contributed by atoms with Crippen LogP contribution in [0.15, 0.2) is 0 Å². The van der Waals surface area contributed by atoms with Gasteiger partial charge in [-0.15, -0.1) is 0 Å². The molecule has 0 radical (unpaired) electrons. The molecule has 0 amide bonds. The molecule has 1 atom stereocenters. The Balaban J connectivity index is 5.48. The second kappa shape index (κ2) is 13.9. The van der Waals surface area contributed by atoms with Gasteiger partial charge in [0, 0.05) is 0 Å². The Labute approximate surface area is 156 Å². The van der Waals surface area contributed by atoms with Crippen LogP contribution in [-0.4, -0.2) is 37.2 Å². The van der Waals surface area contributed by atoms with E-state index >= 15 is 0 Å².